The highest BCUT2D eigenvalue weighted by Crippen LogP contribution is 2.03. The molecule has 0 amide bonds. The molecule has 1 N–H and O–H groups in total. The molecule has 0 aliphatic heterocycles. The summed E-state index contributed by atoms with van der Waals surface area (Å²) < 4.78 is 0. The largest absolute Gasteiger partial charge is 0.360 e. The summed E-state index contributed by atoms with van der Waals surface area (Å²) in [6, 6.07) is 0. The molecule has 0 heterocycles. The van der Waals surface area contributed by atoms with Gasteiger partial charge in [0, 0.05) is 41.3 Å². The van der Waals surface area contributed by atoms with Crippen molar-refractivity contribution in [3.8, 4) is 0 Å². The Bertz CT molecular complexity index is 237. The van der Waals surface area contributed by atoms with Crippen molar-refractivity contribution >= 4 is 64.1 Å². The number of hydrogen-bond acceptors (Lipinski definition) is 5. The zero-order chi connectivity index (χ0) is 13.6. The maximum Gasteiger partial charge on any atom is 0.192 e. The van der Waals surface area contributed by atoms with Gasteiger partial charge in [0.2, 0.25) is 0 Å². The second-order valence-electron chi connectivity index (χ2n) is 3.04. The Morgan fingerprint density at radius 1 is 1.17 bits per heavy atom. The second-order valence-corrected chi connectivity index (χ2v) is 6.63. The van der Waals surface area contributed by atoms with E-state index in [0.717, 1.165) is 23.0 Å². The Labute approximate surface area is 132 Å². The lowest BCUT2D eigenvalue weighted by molar-refractivity contribution is 0.460. The van der Waals surface area contributed by atoms with Crippen molar-refractivity contribution < 1.29 is 0 Å². The van der Waals surface area contributed by atoms with Gasteiger partial charge in [-0.05, 0) is 12.2 Å². The van der Waals surface area contributed by atoms with Crippen molar-refractivity contribution in [1.82, 2.24) is 10.3 Å². The van der Waals surface area contributed by atoms with Crippen molar-refractivity contribution in [2.45, 2.75) is 0 Å². The highest BCUT2D eigenvalue weighted by molar-refractivity contribution is 7.99. The summed E-state index contributed by atoms with van der Waals surface area (Å²) in [6.45, 7) is 1.22. The second kappa shape index (κ2) is 14.0. The Kier molecular flexibility index (Phi) is 14.4. The minimum absolute atomic E-state index is 0.378. The standard InChI is InChI=1S/C9H17Cl2N3OS3/c10-1-5-17-7-3-12-9(16)14(13-15)4-8-18-6-2-11/h1-8H2,(H,12,16). The Morgan fingerprint density at radius 2 is 1.78 bits per heavy atom. The SMILES string of the molecule is O=NN(CCSCCCl)C(=S)NCCSCCCl. The fourth-order valence-electron chi connectivity index (χ4n) is 0.965. The summed E-state index contributed by atoms with van der Waals surface area (Å²) in [5.41, 5.74) is 0. The predicted octanol–water partition coefficient (Wildman–Crippen LogP) is 2.79. The average molecular weight is 350 g/mol. The third-order valence-electron chi connectivity index (χ3n) is 1.75. The van der Waals surface area contributed by atoms with E-state index in [1.807, 2.05) is 0 Å². The normalized spacial score (nSPS) is 10.1. The van der Waals surface area contributed by atoms with Gasteiger partial charge in [-0.2, -0.15) is 23.5 Å². The fourth-order valence-corrected chi connectivity index (χ4v) is 3.02. The summed E-state index contributed by atoms with van der Waals surface area (Å²) >= 11 is 19.6. The first-order chi connectivity index (χ1) is 8.76. The molecule has 0 fully saturated rings. The van der Waals surface area contributed by atoms with Crippen molar-refractivity contribution in [2.75, 3.05) is 47.9 Å². The number of nitrogens with one attached hydrogen (secondary N) is 1. The molecule has 4 nitrogen and oxygen atoms in total. The van der Waals surface area contributed by atoms with Crippen LogP contribution in [0.5, 0.6) is 0 Å². The van der Waals surface area contributed by atoms with Crippen LogP contribution in [0, 0.1) is 4.91 Å². The van der Waals surface area contributed by atoms with Crippen LogP contribution in [0.1, 0.15) is 0 Å². The molecule has 106 valence electrons. The van der Waals surface area contributed by atoms with Crippen LogP contribution < -0.4 is 5.32 Å². The minimum atomic E-state index is 0.378. The van der Waals surface area contributed by atoms with Gasteiger partial charge in [-0.1, -0.05) is 0 Å². The molecule has 0 saturated heterocycles. The summed E-state index contributed by atoms with van der Waals surface area (Å²) in [4.78, 5) is 10.6. The van der Waals surface area contributed by atoms with E-state index in [-0.39, 0.29) is 0 Å². The quantitative estimate of drug-likeness (QED) is 0.203. The molecule has 9 heteroatoms. The van der Waals surface area contributed by atoms with Crippen molar-refractivity contribution in [1.29, 1.82) is 0 Å². The van der Waals surface area contributed by atoms with Gasteiger partial charge in [-0.25, -0.2) is 5.01 Å². The third kappa shape index (κ3) is 10.5. The van der Waals surface area contributed by atoms with Gasteiger partial charge in [0.1, 0.15) is 0 Å². The van der Waals surface area contributed by atoms with Gasteiger partial charge >= 0.3 is 0 Å². The number of thioether (sulfide) groups is 2. The fraction of sp³-hybridized carbons (Fsp3) is 0.889. The maximum atomic E-state index is 10.6. The van der Waals surface area contributed by atoms with Crippen LogP contribution in [0.2, 0.25) is 0 Å². The molecule has 18 heavy (non-hydrogen) atoms. The zero-order valence-corrected chi connectivity index (χ0v) is 13.9. The van der Waals surface area contributed by atoms with E-state index in [2.05, 4.69) is 10.6 Å². The van der Waals surface area contributed by atoms with Crippen LogP contribution in [-0.2, 0) is 0 Å². The number of nitroso groups, excluding NO2 is 1. The van der Waals surface area contributed by atoms with E-state index in [9.17, 15) is 4.91 Å². The minimum Gasteiger partial charge on any atom is -0.360 e. The Hall–Kier alpha value is 0.570. The number of nitrogens with zero attached hydrogens (tertiary/aromatic N) is 2. The Morgan fingerprint density at radius 3 is 2.33 bits per heavy atom. The Balaban J connectivity index is 3.65. The highest BCUT2D eigenvalue weighted by atomic mass is 35.5. The molecule has 0 aliphatic carbocycles. The van der Waals surface area contributed by atoms with E-state index < -0.39 is 0 Å². The molecular weight excluding hydrogens is 333 g/mol. The molecule has 0 radical (unpaired) electrons. The maximum absolute atomic E-state index is 10.6. The molecule has 0 rings (SSSR count). The molecule has 0 aromatic carbocycles. The lowest BCUT2D eigenvalue weighted by atomic mass is 10.7. The highest BCUT2D eigenvalue weighted by Gasteiger charge is 2.08. The monoisotopic (exact) mass is 349 g/mol. The van der Waals surface area contributed by atoms with Gasteiger partial charge in [-0.15, -0.1) is 28.1 Å². The molecule has 0 saturated carbocycles. The zero-order valence-electron chi connectivity index (χ0n) is 9.94. The van der Waals surface area contributed by atoms with Crippen LogP contribution in [0.3, 0.4) is 0 Å². The number of thiocarbonyl (C=S) groups is 1. The predicted molar refractivity (Wildman–Crippen MR) is 89.2 cm³/mol. The molecule has 0 aromatic heterocycles. The topological polar surface area (TPSA) is 44.7 Å². The van der Waals surface area contributed by atoms with Crippen LogP contribution >= 0.6 is 58.9 Å². The third-order valence-corrected chi connectivity index (χ3v) is 4.88. The molecule has 0 unspecified atom stereocenters. The molecular formula is C9H17Cl2N3OS3. The first-order valence-corrected chi connectivity index (χ1v) is 9.21. The molecule has 0 atom stereocenters. The van der Waals surface area contributed by atoms with E-state index in [1.165, 1.54) is 5.01 Å². The summed E-state index contributed by atoms with van der Waals surface area (Å²) in [6.07, 6.45) is 0. The molecule has 0 bridgehead atoms. The first-order valence-electron chi connectivity index (χ1n) is 5.42. The van der Waals surface area contributed by atoms with Crippen LogP contribution in [0.15, 0.2) is 5.29 Å². The van der Waals surface area contributed by atoms with Crippen LogP contribution in [0.25, 0.3) is 0 Å². The van der Waals surface area contributed by atoms with E-state index in [0.29, 0.717) is 30.0 Å². The van der Waals surface area contributed by atoms with Crippen molar-refractivity contribution in [3.63, 3.8) is 0 Å². The smallest absolute Gasteiger partial charge is 0.192 e. The lowest BCUT2D eigenvalue weighted by Gasteiger charge is -2.16. The van der Waals surface area contributed by atoms with Gasteiger partial charge in [0.05, 0.1) is 11.8 Å². The summed E-state index contributed by atoms with van der Waals surface area (Å²) in [5.74, 6) is 4.72. The molecule has 0 aromatic rings. The lowest BCUT2D eigenvalue weighted by Crippen LogP contribution is -2.38. The number of halogens is 2. The summed E-state index contributed by atoms with van der Waals surface area (Å²) in [5, 5.41) is 7.55. The van der Waals surface area contributed by atoms with E-state index in [4.69, 9.17) is 35.4 Å². The van der Waals surface area contributed by atoms with Crippen molar-refractivity contribution in [2.24, 2.45) is 5.29 Å². The van der Waals surface area contributed by atoms with E-state index >= 15 is 0 Å². The van der Waals surface area contributed by atoms with Gasteiger partial charge in [-0.3, -0.25) is 0 Å². The average Bonchev–Trinajstić information content (AvgIpc) is 2.38. The van der Waals surface area contributed by atoms with Crippen LogP contribution in [-0.4, -0.2) is 58.0 Å². The van der Waals surface area contributed by atoms with Crippen molar-refractivity contribution in [3.05, 3.63) is 4.91 Å². The van der Waals surface area contributed by atoms with Gasteiger partial charge < -0.3 is 5.32 Å². The van der Waals surface area contributed by atoms with E-state index in [1.54, 1.807) is 23.5 Å². The summed E-state index contributed by atoms with van der Waals surface area (Å²) in [7, 11) is 0. The first kappa shape index (κ1) is 18.6. The number of hydrogen-bond donors (Lipinski definition) is 1. The molecule has 0 spiro atoms. The van der Waals surface area contributed by atoms with Gasteiger partial charge in [0.15, 0.2) is 5.11 Å². The van der Waals surface area contributed by atoms with Gasteiger partial charge in [0.25, 0.3) is 0 Å². The molecule has 0 aliphatic rings. The number of rotatable bonds is 11. The van der Waals surface area contributed by atoms with Crippen LogP contribution in [0.4, 0.5) is 0 Å². The number of alkyl halides is 2.